The molecule has 7 heteroatoms. The van der Waals surface area contributed by atoms with Crippen molar-refractivity contribution in [3.05, 3.63) is 47.8 Å². The summed E-state index contributed by atoms with van der Waals surface area (Å²) in [5, 5.41) is 4.05. The second kappa shape index (κ2) is 8.10. The normalized spacial score (nSPS) is 11.3. The van der Waals surface area contributed by atoms with E-state index in [9.17, 15) is 9.59 Å². The zero-order chi connectivity index (χ0) is 22.1. The monoisotopic (exact) mass is 407 g/mol. The number of carbonyl (C=O) groups is 2. The molecule has 0 amide bonds. The molecule has 3 aromatic rings. The van der Waals surface area contributed by atoms with Crippen LogP contribution in [0.2, 0.25) is 0 Å². The first-order valence-electron chi connectivity index (χ1n) is 9.49. The van der Waals surface area contributed by atoms with Crippen LogP contribution in [0, 0.1) is 12.3 Å². The fraction of sp³-hybridized carbons (Fsp3) is 0.304. The van der Waals surface area contributed by atoms with Gasteiger partial charge in [0.1, 0.15) is 12.1 Å². The standard InChI is InChI=1S/C23H25N3O4/c1-13-9-14(20(27)21(28)23(2,3)4)7-8-16(13)26-22-15-10-18(29-5)19(30-6)11-17(15)24-12-25-22/h7-12H,1-6H3,(H,24,25,26). The minimum Gasteiger partial charge on any atom is -0.493 e. The highest BCUT2D eigenvalue weighted by atomic mass is 16.5. The van der Waals surface area contributed by atoms with Gasteiger partial charge in [0.15, 0.2) is 11.5 Å². The van der Waals surface area contributed by atoms with E-state index >= 15 is 0 Å². The van der Waals surface area contributed by atoms with E-state index in [0.29, 0.717) is 28.4 Å². The van der Waals surface area contributed by atoms with Gasteiger partial charge in [-0.2, -0.15) is 0 Å². The number of aromatic nitrogens is 2. The largest absolute Gasteiger partial charge is 0.493 e. The van der Waals surface area contributed by atoms with Gasteiger partial charge in [-0.15, -0.1) is 0 Å². The van der Waals surface area contributed by atoms with Crippen LogP contribution in [-0.2, 0) is 4.79 Å². The van der Waals surface area contributed by atoms with Crippen LogP contribution in [0.5, 0.6) is 11.5 Å². The molecule has 7 nitrogen and oxygen atoms in total. The average molecular weight is 407 g/mol. The Bertz CT molecular complexity index is 1130. The molecular weight excluding hydrogens is 382 g/mol. The lowest BCUT2D eigenvalue weighted by molar-refractivity contribution is -0.121. The van der Waals surface area contributed by atoms with Crippen LogP contribution in [0.1, 0.15) is 36.7 Å². The smallest absolute Gasteiger partial charge is 0.229 e. The summed E-state index contributed by atoms with van der Waals surface area (Å²) >= 11 is 0. The van der Waals surface area contributed by atoms with E-state index in [0.717, 1.165) is 16.6 Å². The number of fused-ring (bicyclic) bond motifs is 1. The molecule has 156 valence electrons. The number of ketones is 2. The molecule has 3 rings (SSSR count). The summed E-state index contributed by atoms with van der Waals surface area (Å²) in [4.78, 5) is 33.5. The fourth-order valence-corrected chi connectivity index (χ4v) is 3.03. The molecule has 0 unspecified atom stereocenters. The molecule has 0 radical (unpaired) electrons. The van der Waals surface area contributed by atoms with Crippen molar-refractivity contribution in [1.29, 1.82) is 0 Å². The first kappa shape index (κ1) is 21.2. The second-order valence-corrected chi connectivity index (χ2v) is 8.01. The number of nitrogens with one attached hydrogen (secondary N) is 1. The fourth-order valence-electron chi connectivity index (χ4n) is 3.03. The van der Waals surface area contributed by atoms with E-state index in [1.165, 1.54) is 6.33 Å². The summed E-state index contributed by atoms with van der Waals surface area (Å²) in [6.45, 7) is 7.08. The van der Waals surface area contributed by atoms with E-state index in [2.05, 4.69) is 15.3 Å². The summed E-state index contributed by atoms with van der Waals surface area (Å²) in [5.74, 6) is 0.847. The minimum atomic E-state index is -0.720. The lowest BCUT2D eigenvalue weighted by Crippen LogP contribution is -2.28. The number of hydrogen-bond donors (Lipinski definition) is 1. The van der Waals surface area contributed by atoms with Gasteiger partial charge in [0.25, 0.3) is 0 Å². The Balaban J connectivity index is 1.96. The van der Waals surface area contributed by atoms with Crippen molar-refractivity contribution >= 4 is 34.0 Å². The van der Waals surface area contributed by atoms with Gasteiger partial charge in [-0.3, -0.25) is 9.59 Å². The van der Waals surface area contributed by atoms with Gasteiger partial charge < -0.3 is 14.8 Å². The summed E-state index contributed by atoms with van der Waals surface area (Å²) in [6, 6.07) is 8.72. The molecule has 0 fully saturated rings. The van der Waals surface area contributed by atoms with Gasteiger partial charge in [-0.25, -0.2) is 9.97 Å². The summed E-state index contributed by atoms with van der Waals surface area (Å²) in [6.07, 6.45) is 1.46. The van der Waals surface area contributed by atoms with Crippen molar-refractivity contribution in [3.8, 4) is 11.5 Å². The Morgan fingerprint density at radius 1 is 0.967 bits per heavy atom. The van der Waals surface area contributed by atoms with Gasteiger partial charge in [0, 0.05) is 28.1 Å². The quantitative estimate of drug-likeness (QED) is 0.475. The number of aryl methyl sites for hydroxylation is 1. The van der Waals surface area contributed by atoms with Crippen LogP contribution in [-0.4, -0.2) is 35.8 Å². The van der Waals surface area contributed by atoms with Crippen LogP contribution in [0.4, 0.5) is 11.5 Å². The Morgan fingerprint density at radius 2 is 1.63 bits per heavy atom. The van der Waals surface area contributed by atoms with Crippen LogP contribution < -0.4 is 14.8 Å². The van der Waals surface area contributed by atoms with E-state index < -0.39 is 17.0 Å². The second-order valence-electron chi connectivity index (χ2n) is 8.01. The van der Waals surface area contributed by atoms with Crippen LogP contribution in [0.15, 0.2) is 36.7 Å². The number of Topliss-reactive ketones (excluding diaryl/α,β-unsaturated/α-hetero) is 2. The number of carbonyl (C=O) groups excluding carboxylic acids is 2. The number of ether oxygens (including phenoxy) is 2. The van der Waals surface area contributed by atoms with Gasteiger partial charge in [0.05, 0.1) is 19.7 Å². The van der Waals surface area contributed by atoms with Crippen molar-refractivity contribution in [3.63, 3.8) is 0 Å². The number of hydrogen-bond acceptors (Lipinski definition) is 7. The maximum absolute atomic E-state index is 12.5. The van der Waals surface area contributed by atoms with Crippen LogP contribution in [0.25, 0.3) is 10.9 Å². The maximum atomic E-state index is 12.5. The molecule has 0 aliphatic heterocycles. The number of benzene rings is 2. The molecule has 0 saturated heterocycles. The highest BCUT2D eigenvalue weighted by Gasteiger charge is 2.29. The Kier molecular flexibility index (Phi) is 5.73. The highest BCUT2D eigenvalue weighted by Crippen LogP contribution is 2.34. The Morgan fingerprint density at radius 3 is 2.23 bits per heavy atom. The van der Waals surface area contributed by atoms with Crippen LogP contribution >= 0.6 is 0 Å². The van der Waals surface area contributed by atoms with Gasteiger partial charge in [0.2, 0.25) is 11.6 Å². The highest BCUT2D eigenvalue weighted by molar-refractivity contribution is 6.45. The molecule has 30 heavy (non-hydrogen) atoms. The lowest BCUT2D eigenvalue weighted by atomic mass is 9.86. The van der Waals surface area contributed by atoms with Crippen molar-refractivity contribution in [2.75, 3.05) is 19.5 Å². The van der Waals surface area contributed by atoms with E-state index in [4.69, 9.17) is 9.47 Å². The van der Waals surface area contributed by atoms with E-state index in [-0.39, 0.29) is 0 Å². The molecule has 2 aromatic carbocycles. The van der Waals surface area contributed by atoms with Crippen molar-refractivity contribution in [2.45, 2.75) is 27.7 Å². The Labute approximate surface area is 175 Å². The predicted molar refractivity (Wildman–Crippen MR) is 116 cm³/mol. The molecule has 0 saturated carbocycles. The predicted octanol–water partition coefficient (Wildman–Crippen LogP) is 4.50. The number of rotatable bonds is 6. The third-order valence-corrected chi connectivity index (χ3v) is 4.77. The molecule has 1 N–H and O–H groups in total. The topological polar surface area (TPSA) is 90.4 Å². The van der Waals surface area contributed by atoms with Crippen molar-refractivity contribution in [2.24, 2.45) is 5.41 Å². The zero-order valence-electron chi connectivity index (χ0n) is 18.0. The third kappa shape index (κ3) is 4.10. The van der Waals surface area contributed by atoms with Crippen LogP contribution in [0.3, 0.4) is 0 Å². The first-order valence-corrected chi connectivity index (χ1v) is 9.49. The van der Waals surface area contributed by atoms with Gasteiger partial charge in [-0.05, 0) is 36.8 Å². The molecule has 1 heterocycles. The van der Waals surface area contributed by atoms with Crippen molar-refractivity contribution in [1.82, 2.24) is 9.97 Å². The van der Waals surface area contributed by atoms with Gasteiger partial charge in [-0.1, -0.05) is 20.8 Å². The molecule has 0 atom stereocenters. The van der Waals surface area contributed by atoms with Crippen molar-refractivity contribution < 1.29 is 19.1 Å². The first-order chi connectivity index (χ1) is 14.2. The average Bonchev–Trinajstić information content (AvgIpc) is 2.72. The van der Waals surface area contributed by atoms with Gasteiger partial charge >= 0.3 is 0 Å². The molecule has 1 aromatic heterocycles. The summed E-state index contributed by atoms with van der Waals surface area (Å²) < 4.78 is 10.7. The molecular formula is C23H25N3O4. The number of anilines is 2. The maximum Gasteiger partial charge on any atom is 0.229 e. The molecule has 0 spiro atoms. The number of methoxy groups -OCH3 is 2. The third-order valence-electron chi connectivity index (χ3n) is 4.77. The summed E-state index contributed by atoms with van der Waals surface area (Å²) in [5.41, 5.74) is 1.93. The zero-order valence-corrected chi connectivity index (χ0v) is 18.0. The number of nitrogens with zero attached hydrogens (tertiary/aromatic N) is 2. The summed E-state index contributed by atoms with van der Waals surface area (Å²) in [7, 11) is 3.14. The Hall–Kier alpha value is -3.48. The minimum absolute atomic E-state index is 0.372. The molecule has 0 aliphatic carbocycles. The molecule has 0 bridgehead atoms. The van der Waals surface area contributed by atoms with E-state index in [1.807, 2.05) is 13.0 Å². The SMILES string of the molecule is COc1cc2ncnc(Nc3ccc(C(=O)C(=O)C(C)(C)C)cc3C)c2cc1OC. The lowest BCUT2D eigenvalue weighted by Gasteiger charge is -2.16. The molecule has 0 aliphatic rings. The van der Waals surface area contributed by atoms with E-state index in [1.54, 1.807) is 59.3 Å².